The van der Waals surface area contributed by atoms with Crippen molar-refractivity contribution in [2.75, 3.05) is 74.9 Å². The van der Waals surface area contributed by atoms with Gasteiger partial charge in [0.15, 0.2) is 0 Å². The number of alkyl halides is 5. The van der Waals surface area contributed by atoms with Crippen molar-refractivity contribution in [1.82, 2.24) is 14.5 Å². The van der Waals surface area contributed by atoms with Crippen LogP contribution in [0.4, 0.5) is 33.3 Å². The predicted molar refractivity (Wildman–Crippen MR) is 324 cm³/mol. The number of halogens is 5. The fourth-order valence-corrected chi connectivity index (χ4v) is 20.7. The third-order valence-electron chi connectivity index (χ3n) is 17.7. The largest absolute Gasteiger partial charge is 0.501 e. The van der Waals surface area contributed by atoms with Gasteiger partial charge in [0.2, 0.25) is 6.43 Å². The molecule has 448 valence electrons. The molecule has 83 heavy (non-hydrogen) atoms. The lowest BCUT2D eigenvalue weighted by Crippen LogP contribution is -2.67. The van der Waals surface area contributed by atoms with Crippen LogP contribution in [0, 0.1) is 16.2 Å². The fourth-order valence-electron chi connectivity index (χ4n) is 13.1. The van der Waals surface area contributed by atoms with Gasteiger partial charge in [0, 0.05) is 85.8 Å². The van der Waals surface area contributed by atoms with Crippen LogP contribution in [-0.4, -0.2) is 124 Å². The number of benzene rings is 5. The number of sulfonamides is 1. The maximum atomic E-state index is 14.6. The monoisotopic (exact) mass is 1220 g/mol. The Hall–Kier alpha value is -5.09. The predicted octanol–water partition coefficient (Wildman–Crippen LogP) is 12.0. The Kier molecular flexibility index (Phi) is 18.6. The van der Waals surface area contributed by atoms with Crippen LogP contribution in [-0.2, 0) is 24.3 Å². The van der Waals surface area contributed by atoms with Crippen molar-refractivity contribution in [2.24, 2.45) is 16.2 Å². The van der Waals surface area contributed by atoms with Crippen LogP contribution in [0.25, 0.3) is 0 Å². The van der Waals surface area contributed by atoms with E-state index in [0.717, 1.165) is 72.0 Å². The minimum absolute atomic E-state index is 0.0336. The zero-order valence-electron chi connectivity index (χ0n) is 48.3. The van der Waals surface area contributed by atoms with E-state index in [2.05, 4.69) is 78.9 Å². The van der Waals surface area contributed by atoms with Crippen LogP contribution in [0.3, 0.4) is 0 Å². The van der Waals surface area contributed by atoms with Gasteiger partial charge in [-0.15, -0.1) is 11.8 Å². The highest BCUT2D eigenvalue weighted by atomic mass is 32.2. The summed E-state index contributed by atoms with van der Waals surface area (Å²) in [6.45, 7) is 18.9. The number of hydrogen-bond donors (Lipinski definition) is 2. The molecule has 3 saturated carbocycles. The number of likely N-dealkylation sites (N-methyl/N-ethyl adjacent to an activating group) is 1. The molecule has 0 radical (unpaired) electrons. The summed E-state index contributed by atoms with van der Waals surface area (Å²) in [7, 11) is -13.9. The first kappa shape index (κ1) is 62.4. The molecule has 1 heterocycles. The summed E-state index contributed by atoms with van der Waals surface area (Å²) in [5.74, 6) is -0.744. The van der Waals surface area contributed by atoms with E-state index in [1.54, 1.807) is 12.1 Å². The summed E-state index contributed by atoms with van der Waals surface area (Å²) in [6, 6.07) is 38.1. The molecule has 1 saturated heterocycles. The molecule has 5 aliphatic rings. The van der Waals surface area contributed by atoms with Crippen molar-refractivity contribution in [3.63, 3.8) is 0 Å². The molecule has 0 aromatic heterocycles. The zero-order valence-corrected chi connectivity index (χ0v) is 51.7. The van der Waals surface area contributed by atoms with E-state index in [0.29, 0.717) is 76.8 Å². The van der Waals surface area contributed by atoms with Gasteiger partial charge in [0.25, 0.3) is 34.1 Å². The van der Waals surface area contributed by atoms with E-state index in [1.165, 1.54) is 35.0 Å². The number of sulfone groups is 1. The Labute approximate surface area is 492 Å². The van der Waals surface area contributed by atoms with E-state index in [-0.39, 0.29) is 21.4 Å². The quantitative estimate of drug-likeness (QED) is 0.0265. The third-order valence-corrected chi connectivity index (χ3v) is 26.7. The van der Waals surface area contributed by atoms with Crippen LogP contribution >= 0.6 is 11.8 Å². The lowest BCUT2D eigenvalue weighted by molar-refractivity contribution is -0.250. The van der Waals surface area contributed by atoms with E-state index >= 15 is 0 Å². The first-order valence-corrected chi connectivity index (χ1v) is 34.6. The molecule has 1 aliphatic heterocycles. The van der Waals surface area contributed by atoms with Gasteiger partial charge < -0.3 is 19.5 Å². The van der Waals surface area contributed by atoms with Gasteiger partial charge in [-0.25, -0.2) is 30.3 Å². The number of nitrogens with one attached hydrogen (secondary N) is 2. The van der Waals surface area contributed by atoms with Gasteiger partial charge in [0.05, 0.1) is 10.6 Å². The summed E-state index contributed by atoms with van der Waals surface area (Å²) >= 11 is 1.44. The molecular formula is C63H78F5N5O6S3Si. The maximum absolute atomic E-state index is 14.6. The first-order valence-electron chi connectivity index (χ1n) is 28.7. The summed E-state index contributed by atoms with van der Waals surface area (Å²) in [5, 5.41) is 5.10. The van der Waals surface area contributed by atoms with Gasteiger partial charge in [-0.3, -0.25) is 9.69 Å². The lowest BCUT2D eigenvalue weighted by atomic mass is 9.32. The number of carbonyl (C=O) groups is 1. The Morgan fingerprint density at radius 1 is 0.795 bits per heavy atom. The highest BCUT2D eigenvalue weighted by Crippen LogP contribution is 2.79. The van der Waals surface area contributed by atoms with E-state index in [4.69, 9.17) is 4.43 Å². The highest BCUT2D eigenvalue weighted by Gasteiger charge is 2.73. The van der Waals surface area contributed by atoms with Crippen LogP contribution in [0.2, 0.25) is 5.04 Å². The fraction of sp³-hybridized carbons (Fsp3) is 0.476. The average molecular weight is 1220 g/mol. The molecule has 4 fully saturated rings. The molecule has 1 atom stereocenters. The molecule has 4 aliphatic carbocycles. The zero-order chi connectivity index (χ0) is 59.6. The second kappa shape index (κ2) is 24.7. The Morgan fingerprint density at radius 3 is 1.94 bits per heavy atom. The number of anilines is 2. The molecule has 2 bridgehead atoms. The normalized spacial score (nSPS) is 20.9. The Bertz CT molecular complexity index is 3270. The van der Waals surface area contributed by atoms with Crippen LogP contribution in [0.15, 0.2) is 159 Å². The van der Waals surface area contributed by atoms with Gasteiger partial charge in [0.1, 0.15) is 4.90 Å². The van der Waals surface area contributed by atoms with Gasteiger partial charge in [-0.05, 0) is 132 Å². The minimum atomic E-state index is -6.15. The smallest absolute Gasteiger partial charge is 0.406 e. The van der Waals surface area contributed by atoms with E-state index < -0.39 is 73.0 Å². The van der Waals surface area contributed by atoms with Gasteiger partial charge in [-0.1, -0.05) is 132 Å². The van der Waals surface area contributed by atoms with Crippen LogP contribution in [0.1, 0.15) is 96.8 Å². The van der Waals surface area contributed by atoms with Crippen molar-refractivity contribution in [3.8, 4) is 0 Å². The maximum Gasteiger partial charge on any atom is 0.501 e. The van der Waals surface area contributed by atoms with Gasteiger partial charge in [-0.2, -0.15) is 13.2 Å². The third kappa shape index (κ3) is 13.5. The number of rotatable bonds is 24. The summed E-state index contributed by atoms with van der Waals surface area (Å²) in [4.78, 5) is 19.1. The molecule has 1 unspecified atom stereocenters. The number of nitrogens with zero attached hydrogens (tertiary/aromatic N) is 3. The summed E-state index contributed by atoms with van der Waals surface area (Å²) in [6.07, 6.45) is 2.87. The van der Waals surface area contributed by atoms with Crippen molar-refractivity contribution in [1.29, 1.82) is 0 Å². The number of allylic oxidation sites excluding steroid dienone is 1. The molecular weight excluding hydrogens is 1140 g/mol. The Balaban J connectivity index is 0.864. The first-order chi connectivity index (χ1) is 39.2. The second-order valence-corrected chi connectivity index (χ2v) is 33.9. The van der Waals surface area contributed by atoms with Crippen LogP contribution < -0.4 is 25.3 Å². The minimum Gasteiger partial charge on any atom is -0.406 e. The molecule has 10 rings (SSSR count). The van der Waals surface area contributed by atoms with Crippen molar-refractivity contribution >= 4 is 67.6 Å². The van der Waals surface area contributed by atoms with Gasteiger partial charge >= 0.3 is 5.51 Å². The number of carbonyl (C=O) groups excluding carboxylic acids is 1. The summed E-state index contributed by atoms with van der Waals surface area (Å²) < 4.78 is 135. The number of thioether (sulfide) groups is 1. The van der Waals surface area contributed by atoms with Crippen molar-refractivity contribution < 1.29 is 48.0 Å². The summed E-state index contributed by atoms with van der Waals surface area (Å²) in [5.41, 5.74) is -3.32. The molecule has 11 nitrogen and oxygen atoms in total. The SMILES string of the molecule is CCN(CCO[Si](c1ccccc1)(c1ccccc1)C(C)(C)C)CCC(CSc1ccccc1)Nc1ccc(S(=O)(=O)NC(=O)c2ccc(N3CCN(CC4=C(C56CC(C(F)F)(C5)C6)CC(C)(C)CC4)CC3)cc2)cc1S(=O)(=O)C(F)(F)F. The van der Waals surface area contributed by atoms with E-state index in [1.807, 2.05) is 78.4 Å². The molecule has 20 heteroatoms. The van der Waals surface area contributed by atoms with E-state index in [9.17, 15) is 43.6 Å². The molecule has 0 spiro atoms. The second-order valence-electron chi connectivity index (χ2n) is 24.9. The Morgan fingerprint density at radius 2 is 1.39 bits per heavy atom. The van der Waals surface area contributed by atoms with Crippen LogP contribution in [0.5, 0.6) is 0 Å². The lowest BCUT2D eigenvalue weighted by Gasteiger charge is -2.72. The topological polar surface area (TPSA) is 128 Å². The molecule has 1 amide bonds. The average Bonchev–Trinajstić information content (AvgIpc) is 0.744. The highest BCUT2D eigenvalue weighted by molar-refractivity contribution is 7.99. The number of piperazine rings is 1. The number of amides is 1. The molecule has 5 aromatic carbocycles. The standard InChI is InChI=1S/C63H78F5N5O6S3Si/c1-7-71(37-38-79-83(59(2,3)4,52-19-13-9-14-20-52)53-21-15-10-16-22-53)32-30-48(42-80-50-17-11-8-12-18-50)69-55-28-27-51(39-56(55)81(75,76)63(66,67)68)82(77,78)70-57(74)46-23-25-49(26-24-46)73-35-33-72(34-36-73)41-47-29-31-60(5,6)40-54(47)61-43-62(44-61,45-61)58(64)65/h8-28,39,48,58,69H,7,29-38,40-45H2,1-6H3,(H,70,74). The molecule has 2 N–H and O–H groups in total. The number of hydrogen-bond acceptors (Lipinski definition) is 11. The molecule has 5 aromatic rings. The van der Waals surface area contributed by atoms with Crippen molar-refractivity contribution in [2.45, 2.75) is 124 Å². The van der Waals surface area contributed by atoms with Crippen molar-refractivity contribution in [3.05, 3.63) is 150 Å².